The normalized spacial score (nSPS) is 18.4. The van der Waals surface area contributed by atoms with E-state index in [2.05, 4.69) is 10.1 Å². The molecule has 3 rings (SSSR count). The van der Waals surface area contributed by atoms with Gasteiger partial charge in [-0.15, -0.1) is 0 Å². The van der Waals surface area contributed by atoms with Crippen LogP contribution in [0.2, 0.25) is 0 Å². The quantitative estimate of drug-likeness (QED) is 0.600. The molecule has 0 saturated carbocycles. The number of carbonyl (C=O) groups excluding carboxylic acids is 1. The van der Waals surface area contributed by atoms with Crippen molar-refractivity contribution in [1.82, 2.24) is 0 Å². The number of nitrogens with zero attached hydrogens (tertiary/aromatic N) is 2. The van der Waals surface area contributed by atoms with Gasteiger partial charge in [0.15, 0.2) is 0 Å². The van der Waals surface area contributed by atoms with E-state index in [1.165, 1.54) is 37.4 Å². The highest BCUT2D eigenvalue weighted by molar-refractivity contribution is 5.84. The summed E-state index contributed by atoms with van der Waals surface area (Å²) in [6.45, 7) is -0.732. The Morgan fingerprint density at radius 2 is 1.85 bits per heavy atom. The molecule has 0 bridgehead atoms. The van der Waals surface area contributed by atoms with Gasteiger partial charge >= 0.3 is 18.4 Å². The van der Waals surface area contributed by atoms with Crippen LogP contribution in [0.1, 0.15) is 11.1 Å². The van der Waals surface area contributed by atoms with E-state index in [1.807, 2.05) is 0 Å². The van der Waals surface area contributed by atoms with Crippen LogP contribution in [0.4, 0.5) is 42.5 Å². The summed E-state index contributed by atoms with van der Waals surface area (Å²) in [5.74, 6) is 0.263. The first-order valence-corrected chi connectivity index (χ1v) is 9.60. The summed E-state index contributed by atoms with van der Waals surface area (Å²) in [4.78, 5) is 11.8. The van der Waals surface area contributed by atoms with Crippen LogP contribution in [0, 0.1) is 11.3 Å². The van der Waals surface area contributed by atoms with Crippen molar-refractivity contribution in [2.75, 3.05) is 30.5 Å². The lowest BCUT2D eigenvalue weighted by Crippen LogP contribution is -2.42. The van der Waals surface area contributed by atoms with Crippen molar-refractivity contribution in [2.45, 2.75) is 24.7 Å². The second-order valence-electron chi connectivity index (χ2n) is 7.10. The number of methoxy groups -OCH3 is 1. The lowest BCUT2D eigenvalue weighted by Gasteiger charge is -2.27. The molecule has 0 radical (unpaired) electrons. The number of alkyl halides is 6. The van der Waals surface area contributed by atoms with E-state index in [-0.39, 0.29) is 12.4 Å². The number of halogens is 6. The van der Waals surface area contributed by atoms with Gasteiger partial charge in [-0.05, 0) is 42.5 Å². The van der Waals surface area contributed by atoms with Crippen LogP contribution >= 0.6 is 0 Å². The van der Waals surface area contributed by atoms with Crippen molar-refractivity contribution in [3.05, 3.63) is 53.6 Å². The number of amides is 1. The van der Waals surface area contributed by atoms with Crippen LogP contribution in [0.3, 0.4) is 0 Å². The monoisotopic (exact) mass is 489 g/mol. The number of carbonyl (C=O) groups is 1. The summed E-state index contributed by atoms with van der Waals surface area (Å²) >= 11 is 0. The minimum absolute atomic E-state index is 0.263. The Labute approximate surface area is 189 Å². The Hall–Kier alpha value is -3.66. The highest BCUT2D eigenvalue weighted by atomic mass is 19.4. The van der Waals surface area contributed by atoms with E-state index >= 15 is 0 Å². The Kier molecular flexibility index (Phi) is 7.11. The summed E-state index contributed by atoms with van der Waals surface area (Å²) in [6.07, 6.45) is -14.1. The first-order valence-electron chi connectivity index (χ1n) is 9.60. The van der Waals surface area contributed by atoms with Gasteiger partial charge in [0.1, 0.15) is 18.5 Å². The lowest BCUT2D eigenvalue weighted by molar-refractivity contribution is -0.215. The number of nitrogens with one attached hydrogen (secondary N) is 1. The molecule has 2 atom stereocenters. The third-order valence-corrected chi connectivity index (χ3v) is 4.77. The molecule has 13 heteroatoms. The molecule has 34 heavy (non-hydrogen) atoms. The largest absolute Gasteiger partial charge is 0.491 e. The maximum atomic E-state index is 13.6. The first-order chi connectivity index (χ1) is 15.9. The molecule has 1 aliphatic rings. The zero-order valence-electron chi connectivity index (χ0n) is 17.4. The van der Waals surface area contributed by atoms with Gasteiger partial charge in [-0.3, -0.25) is 5.32 Å². The molecule has 1 fully saturated rings. The molecular formula is C21H17F6N3O4. The molecule has 1 amide bonds. The standard InChI is InChI=1S/C21H17F6N3O4/c1-32-19(31)29-13-3-6-15(7-4-13)33-11-16-10-30(18(34-16)21(25,26)27)14-5-2-12(9-28)17(8-14)20(22,23)24/h2-8,16,18H,10-11H2,1H3,(H,29,31)/t16-,18-/m0/s1. The van der Waals surface area contributed by atoms with E-state index < -0.39 is 54.1 Å². The van der Waals surface area contributed by atoms with Gasteiger partial charge in [-0.1, -0.05) is 0 Å². The van der Waals surface area contributed by atoms with Crippen molar-refractivity contribution in [3.8, 4) is 11.8 Å². The minimum Gasteiger partial charge on any atom is -0.491 e. The van der Waals surface area contributed by atoms with Gasteiger partial charge in [0.2, 0.25) is 6.23 Å². The molecule has 0 unspecified atom stereocenters. The molecule has 1 heterocycles. The maximum Gasteiger partial charge on any atom is 0.433 e. The van der Waals surface area contributed by atoms with Crippen LogP contribution in [-0.2, 0) is 15.7 Å². The minimum atomic E-state index is -4.92. The highest BCUT2D eigenvalue weighted by Gasteiger charge is 2.51. The van der Waals surface area contributed by atoms with E-state index in [0.29, 0.717) is 16.7 Å². The third kappa shape index (κ3) is 5.82. The van der Waals surface area contributed by atoms with Gasteiger partial charge in [-0.2, -0.15) is 31.6 Å². The fourth-order valence-corrected chi connectivity index (χ4v) is 3.24. The second-order valence-corrected chi connectivity index (χ2v) is 7.10. The van der Waals surface area contributed by atoms with E-state index in [0.717, 1.165) is 12.1 Å². The van der Waals surface area contributed by atoms with Gasteiger partial charge in [0.05, 0.1) is 30.9 Å². The van der Waals surface area contributed by atoms with E-state index in [9.17, 15) is 31.1 Å². The molecule has 1 aliphatic heterocycles. The van der Waals surface area contributed by atoms with Gasteiger partial charge in [0, 0.05) is 11.4 Å². The summed E-state index contributed by atoms with van der Waals surface area (Å²) in [7, 11) is 1.19. The summed E-state index contributed by atoms with van der Waals surface area (Å²) < 4.78 is 95.4. The molecule has 7 nitrogen and oxygen atoms in total. The van der Waals surface area contributed by atoms with Crippen molar-refractivity contribution < 1.29 is 45.3 Å². The number of hydrogen-bond acceptors (Lipinski definition) is 6. The average molecular weight is 489 g/mol. The van der Waals surface area contributed by atoms with Crippen LogP contribution < -0.4 is 15.0 Å². The van der Waals surface area contributed by atoms with Crippen LogP contribution in [0.15, 0.2) is 42.5 Å². The molecular weight excluding hydrogens is 472 g/mol. The second kappa shape index (κ2) is 9.68. The summed E-state index contributed by atoms with van der Waals surface area (Å²) in [5.41, 5.74) is -2.05. The molecule has 2 aromatic carbocycles. The molecule has 1 N–H and O–H groups in total. The highest BCUT2D eigenvalue weighted by Crippen LogP contribution is 2.39. The van der Waals surface area contributed by atoms with E-state index in [4.69, 9.17) is 14.7 Å². The van der Waals surface area contributed by atoms with E-state index in [1.54, 1.807) is 0 Å². The number of nitriles is 1. The van der Waals surface area contributed by atoms with Crippen molar-refractivity contribution in [2.24, 2.45) is 0 Å². The van der Waals surface area contributed by atoms with Crippen LogP contribution in [0.5, 0.6) is 5.75 Å². The first kappa shape index (κ1) is 25.0. The van der Waals surface area contributed by atoms with Crippen molar-refractivity contribution in [1.29, 1.82) is 5.26 Å². The fraction of sp³-hybridized carbons (Fsp3) is 0.333. The number of anilines is 2. The number of hydrogen-bond donors (Lipinski definition) is 1. The molecule has 0 spiro atoms. The van der Waals surface area contributed by atoms with Gasteiger partial charge in [0.25, 0.3) is 0 Å². The molecule has 0 aromatic heterocycles. The Morgan fingerprint density at radius 1 is 1.18 bits per heavy atom. The average Bonchev–Trinajstić information content (AvgIpc) is 3.22. The topological polar surface area (TPSA) is 83.8 Å². The molecule has 182 valence electrons. The predicted octanol–water partition coefficient (Wildman–Crippen LogP) is 4.93. The zero-order chi connectivity index (χ0) is 25.1. The molecule has 0 aliphatic carbocycles. The summed E-state index contributed by atoms with van der Waals surface area (Å²) in [6, 6.07) is 9.56. The number of benzene rings is 2. The number of rotatable bonds is 5. The molecule has 1 saturated heterocycles. The lowest BCUT2D eigenvalue weighted by atomic mass is 10.1. The van der Waals surface area contributed by atoms with Gasteiger partial charge in [-0.25, -0.2) is 4.79 Å². The maximum absolute atomic E-state index is 13.6. The Bertz CT molecular complexity index is 1070. The van der Waals surface area contributed by atoms with Gasteiger partial charge < -0.3 is 19.1 Å². The smallest absolute Gasteiger partial charge is 0.433 e. The number of ether oxygens (including phenoxy) is 3. The van der Waals surface area contributed by atoms with Crippen LogP contribution in [-0.4, -0.2) is 44.9 Å². The Balaban J connectivity index is 1.75. The molecule has 2 aromatic rings. The Morgan fingerprint density at radius 3 is 2.41 bits per heavy atom. The zero-order valence-corrected chi connectivity index (χ0v) is 17.4. The van der Waals surface area contributed by atoms with Crippen molar-refractivity contribution >= 4 is 17.5 Å². The third-order valence-electron chi connectivity index (χ3n) is 4.77. The predicted molar refractivity (Wildman–Crippen MR) is 106 cm³/mol. The summed E-state index contributed by atoms with van der Waals surface area (Å²) in [5, 5.41) is 11.3. The van der Waals surface area contributed by atoms with Crippen molar-refractivity contribution in [3.63, 3.8) is 0 Å². The SMILES string of the molecule is COC(=O)Nc1ccc(OC[C@@H]2CN(c3ccc(C#N)c(C(F)(F)F)c3)[C@H](C(F)(F)F)O2)cc1. The van der Waals surface area contributed by atoms with Crippen LogP contribution in [0.25, 0.3) is 0 Å². The fourth-order valence-electron chi connectivity index (χ4n) is 3.24.